The highest BCUT2D eigenvalue weighted by Crippen LogP contribution is 2.29. The molecule has 0 saturated heterocycles. The zero-order valence-electron chi connectivity index (χ0n) is 9.65. The molecule has 16 heavy (non-hydrogen) atoms. The molecule has 88 valence electrons. The number of hydrogen-bond donors (Lipinski definition) is 2. The summed E-state index contributed by atoms with van der Waals surface area (Å²) in [6.07, 6.45) is 2.88. The van der Waals surface area contributed by atoms with Crippen LogP contribution in [-0.4, -0.2) is 16.7 Å². The van der Waals surface area contributed by atoms with E-state index < -0.39 is 5.60 Å². The Bertz CT molecular complexity index is 324. The lowest BCUT2D eigenvalue weighted by atomic mass is 10.0. The number of rotatable bonds is 4. The number of hydroxylamine groups is 1. The lowest BCUT2D eigenvalue weighted by Gasteiger charge is -2.25. The molecule has 1 aromatic rings. The van der Waals surface area contributed by atoms with Crippen molar-refractivity contribution in [2.75, 3.05) is 0 Å². The molecule has 0 heterocycles. The summed E-state index contributed by atoms with van der Waals surface area (Å²) in [6, 6.07) is 10.1. The summed E-state index contributed by atoms with van der Waals surface area (Å²) >= 11 is 0. The molecule has 1 aliphatic rings. The second-order valence-electron chi connectivity index (χ2n) is 4.69. The van der Waals surface area contributed by atoms with Gasteiger partial charge in [0.1, 0.15) is 0 Å². The summed E-state index contributed by atoms with van der Waals surface area (Å²) in [5.41, 5.74) is 3.47. The average molecular weight is 221 g/mol. The SMILES string of the molecule is CC1(O)CCCC1NOCc1ccccc1. The standard InChI is InChI=1S/C13H19NO2/c1-13(15)9-5-8-12(13)14-16-10-11-6-3-2-4-7-11/h2-4,6-7,12,14-15H,5,8-10H2,1H3. The third-order valence-electron chi connectivity index (χ3n) is 3.23. The van der Waals surface area contributed by atoms with Crippen LogP contribution in [0.15, 0.2) is 30.3 Å². The van der Waals surface area contributed by atoms with E-state index in [1.807, 2.05) is 37.3 Å². The van der Waals surface area contributed by atoms with Gasteiger partial charge in [-0.3, -0.25) is 4.84 Å². The van der Waals surface area contributed by atoms with Crippen LogP contribution in [-0.2, 0) is 11.4 Å². The van der Waals surface area contributed by atoms with Gasteiger partial charge in [-0.1, -0.05) is 30.3 Å². The minimum Gasteiger partial charge on any atom is -0.388 e. The molecule has 2 atom stereocenters. The van der Waals surface area contributed by atoms with Crippen LogP contribution in [0.4, 0.5) is 0 Å². The van der Waals surface area contributed by atoms with Gasteiger partial charge < -0.3 is 5.11 Å². The Morgan fingerprint density at radius 3 is 2.81 bits per heavy atom. The maximum atomic E-state index is 10.0. The molecule has 0 aromatic heterocycles. The first-order chi connectivity index (χ1) is 7.68. The van der Waals surface area contributed by atoms with Gasteiger partial charge in [0.2, 0.25) is 0 Å². The lowest BCUT2D eigenvalue weighted by molar-refractivity contribution is -0.0581. The monoisotopic (exact) mass is 221 g/mol. The van der Waals surface area contributed by atoms with Gasteiger partial charge in [-0.05, 0) is 31.7 Å². The quantitative estimate of drug-likeness (QED) is 0.764. The molecular weight excluding hydrogens is 202 g/mol. The van der Waals surface area contributed by atoms with E-state index in [0.29, 0.717) is 6.61 Å². The van der Waals surface area contributed by atoms with Crippen LogP contribution in [0.25, 0.3) is 0 Å². The molecule has 1 saturated carbocycles. The Labute approximate surface area is 96.4 Å². The zero-order valence-corrected chi connectivity index (χ0v) is 9.65. The van der Waals surface area contributed by atoms with E-state index in [-0.39, 0.29) is 6.04 Å². The van der Waals surface area contributed by atoms with Crippen molar-refractivity contribution in [3.8, 4) is 0 Å². The van der Waals surface area contributed by atoms with Gasteiger partial charge in [-0.25, -0.2) is 0 Å². The Balaban J connectivity index is 1.76. The number of aliphatic hydroxyl groups is 1. The minimum atomic E-state index is -0.628. The van der Waals surface area contributed by atoms with Crippen LogP contribution in [0, 0.1) is 0 Å². The lowest BCUT2D eigenvalue weighted by Crippen LogP contribution is -2.44. The molecule has 3 heteroatoms. The van der Waals surface area contributed by atoms with Gasteiger partial charge in [0.05, 0.1) is 18.2 Å². The smallest absolute Gasteiger partial charge is 0.0933 e. The first-order valence-corrected chi connectivity index (χ1v) is 5.82. The second-order valence-corrected chi connectivity index (χ2v) is 4.69. The predicted octanol–water partition coefficient (Wildman–Crippen LogP) is 2.01. The van der Waals surface area contributed by atoms with E-state index in [2.05, 4.69) is 5.48 Å². The average Bonchev–Trinajstić information content (AvgIpc) is 2.60. The number of hydrogen-bond acceptors (Lipinski definition) is 3. The largest absolute Gasteiger partial charge is 0.388 e. The van der Waals surface area contributed by atoms with Crippen molar-refractivity contribution in [1.82, 2.24) is 5.48 Å². The van der Waals surface area contributed by atoms with E-state index in [9.17, 15) is 5.11 Å². The van der Waals surface area contributed by atoms with Gasteiger partial charge in [0, 0.05) is 0 Å². The third-order valence-corrected chi connectivity index (χ3v) is 3.23. The molecule has 2 rings (SSSR count). The summed E-state index contributed by atoms with van der Waals surface area (Å²) in [5, 5.41) is 10.0. The van der Waals surface area contributed by atoms with E-state index >= 15 is 0 Å². The third kappa shape index (κ3) is 2.82. The molecule has 1 aliphatic carbocycles. The molecule has 1 aromatic carbocycles. The molecule has 0 bridgehead atoms. The molecule has 1 fully saturated rings. The van der Waals surface area contributed by atoms with Gasteiger partial charge >= 0.3 is 0 Å². The highest BCUT2D eigenvalue weighted by molar-refractivity contribution is 5.13. The first-order valence-electron chi connectivity index (χ1n) is 5.82. The predicted molar refractivity (Wildman–Crippen MR) is 62.6 cm³/mol. The second kappa shape index (κ2) is 4.95. The highest BCUT2D eigenvalue weighted by Gasteiger charge is 2.36. The Hall–Kier alpha value is -0.900. The van der Waals surface area contributed by atoms with Crippen molar-refractivity contribution in [1.29, 1.82) is 0 Å². The summed E-state index contributed by atoms with van der Waals surface area (Å²) in [7, 11) is 0. The van der Waals surface area contributed by atoms with Crippen molar-refractivity contribution < 1.29 is 9.94 Å². The first kappa shape index (κ1) is 11.6. The van der Waals surface area contributed by atoms with Crippen LogP contribution in [0.2, 0.25) is 0 Å². The van der Waals surface area contributed by atoms with Crippen LogP contribution < -0.4 is 5.48 Å². The number of nitrogens with one attached hydrogen (secondary N) is 1. The molecule has 3 nitrogen and oxygen atoms in total. The van der Waals surface area contributed by atoms with Crippen LogP contribution in [0.1, 0.15) is 31.7 Å². The van der Waals surface area contributed by atoms with E-state index in [1.54, 1.807) is 0 Å². The molecule has 2 N–H and O–H groups in total. The highest BCUT2D eigenvalue weighted by atomic mass is 16.6. The van der Waals surface area contributed by atoms with Gasteiger partial charge in [0.25, 0.3) is 0 Å². The zero-order chi connectivity index (χ0) is 11.4. The summed E-state index contributed by atoms with van der Waals surface area (Å²) in [5.74, 6) is 0. The van der Waals surface area contributed by atoms with Crippen molar-refractivity contribution >= 4 is 0 Å². The molecule has 0 amide bonds. The maximum absolute atomic E-state index is 10.0. The molecule has 0 aliphatic heterocycles. The fourth-order valence-corrected chi connectivity index (χ4v) is 2.13. The molecular formula is C13H19NO2. The summed E-state index contributed by atoms with van der Waals surface area (Å²) < 4.78 is 0. The molecule has 0 radical (unpaired) electrons. The number of benzene rings is 1. The fraction of sp³-hybridized carbons (Fsp3) is 0.538. The van der Waals surface area contributed by atoms with E-state index in [0.717, 1.165) is 24.8 Å². The van der Waals surface area contributed by atoms with Crippen LogP contribution in [0.3, 0.4) is 0 Å². The van der Waals surface area contributed by atoms with Gasteiger partial charge in [-0.15, -0.1) is 0 Å². The van der Waals surface area contributed by atoms with E-state index in [4.69, 9.17) is 4.84 Å². The maximum Gasteiger partial charge on any atom is 0.0933 e. The summed E-state index contributed by atoms with van der Waals surface area (Å²) in [4.78, 5) is 5.43. The van der Waals surface area contributed by atoms with E-state index in [1.165, 1.54) is 0 Å². The molecule has 2 unspecified atom stereocenters. The van der Waals surface area contributed by atoms with Crippen molar-refractivity contribution in [2.24, 2.45) is 0 Å². The Morgan fingerprint density at radius 2 is 2.19 bits per heavy atom. The Kier molecular flexibility index (Phi) is 3.59. The normalized spacial score (nSPS) is 29.5. The van der Waals surface area contributed by atoms with Gasteiger partial charge in [-0.2, -0.15) is 5.48 Å². The molecule has 0 spiro atoms. The fourth-order valence-electron chi connectivity index (χ4n) is 2.13. The topological polar surface area (TPSA) is 41.5 Å². The Morgan fingerprint density at radius 1 is 1.44 bits per heavy atom. The van der Waals surface area contributed by atoms with Crippen molar-refractivity contribution in [2.45, 2.75) is 44.4 Å². The van der Waals surface area contributed by atoms with Crippen molar-refractivity contribution in [3.63, 3.8) is 0 Å². The summed E-state index contributed by atoms with van der Waals surface area (Å²) in [6.45, 7) is 2.40. The van der Waals surface area contributed by atoms with Crippen molar-refractivity contribution in [3.05, 3.63) is 35.9 Å². The van der Waals surface area contributed by atoms with Crippen LogP contribution in [0.5, 0.6) is 0 Å². The van der Waals surface area contributed by atoms with Gasteiger partial charge in [0.15, 0.2) is 0 Å². The van der Waals surface area contributed by atoms with Crippen LogP contribution >= 0.6 is 0 Å². The minimum absolute atomic E-state index is 0.0520.